The third-order valence-corrected chi connectivity index (χ3v) is 3.80. The van der Waals surface area contributed by atoms with Crippen molar-refractivity contribution in [3.05, 3.63) is 65.7 Å². The molecule has 1 amide bonds. The smallest absolute Gasteiger partial charge is 0.252 e. The zero-order chi connectivity index (χ0) is 16.4. The predicted octanol–water partition coefficient (Wildman–Crippen LogP) is 4.35. The van der Waals surface area contributed by atoms with Gasteiger partial charge in [0.2, 0.25) is 0 Å². The number of benzene rings is 2. The van der Waals surface area contributed by atoms with Gasteiger partial charge in [-0.15, -0.1) is 0 Å². The second kappa shape index (κ2) is 6.21. The molecule has 0 aliphatic rings. The van der Waals surface area contributed by atoms with Gasteiger partial charge in [-0.3, -0.25) is 4.79 Å². The summed E-state index contributed by atoms with van der Waals surface area (Å²) >= 11 is 0. The summed E-state index contributed by atoms with van der Waals surface area (Å²) < 4.78 is 0. The second-order valence-electron chi connectivity index (χ2n) is 6.02. The first kappa shape index (κ1) is 15.2. The molecule has 0 saturated carbocycles. The largest absolute Gasteiger partial charge is 0.350 e. The van der Waals surface area contributed by atoms with Crippen LogP contribution in [-0.2, 0) is 0 Å². The number of pyridine rings is 1. The van der Waals surface area contributed by atoms with Crippen molar-refractivity contribution in [3.8, 4) is 11.3 Å². The van der Waals surface area contributed by atoms with Gasteiger partial charge in [-0.05, 0) is 38.5 Å². The van der Waals surface area contributed by atoms with Crippen molar-refractivity contribution in [2.45, 2.75) is 26.8 Å². The molecule has 0 bridgehead atoms. The van der Waals surface area contributed by atoms with E-state index >= 15 is 0 Å². The molecule has 0 fully saturated rings. The monoisotopic (exact) mass is 304 g/mol. The average molecular weight is 304 g/mol. The highest BCUT2D eigenvalue weighted by molar-refractivity contribution is 6.07. The molecule has 3 aromatic rings. The Balaban J connectivity index is 2.22. The zero-order valence-corrected chi connectivity index (χ0v) is 13.6. The molecule has 0 unspecified atom stereocenters. The van der Waals surface area contributed by atoms with E-state index in [2.05, 4.69) is 18.3 Å². The number of aryl methyl sites for hydroxylation is 1. The lowest BCUT2D eigenvalue weighted by Crippen LogP contribution is -2.30. The van der Waals surface area contributed by atoms with E-state index in [1.165, 1.54) is 0 Å². The summed E-state index contributed by atoms with van der Waals surface area (Å²) in [6, 6.07) is 17.8. The van der Waals surface area contributed by atoms with E-state index < -0.39 is 0 Å². The van der Waals surface area contributed by atoms with Crippen LogP contribution in [0.25, 0.3) is 22.2 Å². The minimum absolute atomic E-state index is 0.0616. The highest BCUT2D eigenvalue weighted by atomic mass is 16.1. The molecule has 0 spiro atoms. The van der Waals surface area contributed by atoms with Crippen molar-refractivity contribution in [2.75, 3.05) is 0 Å². The normalized spacial score (nSPS) is 11.0. The van der Waals surface area contributed by atoms with Gasteiger partial charge in [-0.1, -0.05) is 42.5 Å². The molecule has 116 valence electrons. The van der Waals surface area contributed by atoms with Crippen molar-refractivity contribution < 1.29 is 4.79 Å². The Hall–Kier alpha value is -2.68. The van der Waals surface area contributed by atoms with E-state index in [0.29, 0.717) is 5.56 Å². The first-order valence-electron chi connectivity index (χ1n) is 7.83. The van der Waals surface area contributed by atoms with Gasteiger partial charge < -0.3 is 5.32 Å². The summed E-state index contributed by atoms with van der Waals surface area (Å²) in [7, 11) is 0. The van der Waals surface area contributed by atoms with Gasteiger partial charge in [0.15, 0.2) is 0 Å². The number of carbonyl (C=O) groups excluding carboxylic acids is 1. The van der Waals surface area contributed by atoms with Crippen LogP contribution in [0.2, 0.25) is 0 Å². The minimum Gasteiger partial charge on any atom is -0.350 e. The van der Waals surface area contributed by atoms with Crippen molar-refractivity contribution in [2.24, 2.45) is 0 Å². The van der Waals surface area contributed by atoms with Gasteiger partial charge in [0.05, 0.1) is 16.8 Å². The molecular weight excluding hydrogens is 284 g/mol. The van der Waals surface area contributed by atoms with Gasteiger partial charge in [-0.25, -0.2) is 4.98 Å². The number of aromatic nitrogens is 1. The van der Waals surface area contributed by atoms with Gasteiger partial charge >= 0.3 is 0 Å². The number of para-hydroxylation sites is 1. The Morgan fingerprint density at radius 1 is 1.04 bits per heavy atom. The average Bonchev–Trinajstić information content (AvgIpc) is 2.53. The molecule has 1 heterocycles. The second-order valence-corrected chi connectivity index (χ2v) is 6.02. The van der Waals surface area contributed by atoms with Crippen LogP contribution in [0.15, 0.2) is 54.6 Å². The molecule has 23 heavy (non-hydrogen) atoms. The summed E-state index contributed by atoms with van der Waals surface area (Å²) in [5.74, 6) is -0.0616. The van der Waals surface area contributed by atoms with Crippen molar-refractivity contribution >= 4 is 16.8 Å². The van der Waals surface area contributed by atoms with Crippen molar-refractivity contribution in [1.29, 1.82) is 0 Å². The number of hydrogen-bond acceptors (Lipinski definition) is 2. The fraction of sp³-hybridized carbons (Fsp3) is 0.200. The minimum atomic E-state index is -0.0616. The predicted molar refractivity (Wildman–Crippen MR) is 94.5 cm³/mol. The van der Waals surface area contributed by atoms with E-state index in [0.717, 1.165) is 27.7 Å². The third kappa shape index (κ3) is 3.09. The number of nitrogens with one attached hydrogen (secondary N) is 1. The maximum Gasteiger partial charge on any atom is 0.252 e. The zero-order valence-electron chi connectivity index (χ0n) is 13.6. The van der Waals surface area contributed by atoms with Crippen LogP contribution in [-0.4, -0.2) is 16.9 Å². The molecule has 1 N–H and O–H groups in total. The number of rotatable bonds is 3. The Morgan fingerprint density at radius 2 is 1.74 bits per heavy atom. The quantitative estimate of drug-likeness (QED) is 0.781. The van der Waals surface area contributed by atoms with Gasteiger partial charge in [-0.2, -0.15) is 0 Å². The van der Waals surface area contributed by atoms with Crippen LogP contribution in [0.1, 0.15) is 29.8 Å². The van der Waals surface area contributed by atoms with Crippen LogP contribution in [0, 0.1) is 6.92 Å². The lowest BCUT2D eigenvalue weighted by atomic mass is 10.0. The van der Waals surface area contributed by atoms with Gasteiger partial charge in [0.25, 0.3) is 5.91 Å². The Labute approximate surface area is 136 Å². The summed E-state index contributed by atoms with van der Waals surface area (Å²) in [5.41, 5.74) is 4.53. The SMILES string of the molecule is Cc1ccccc1-c1cc(C(=O)NC(C)C)c2ccccc2n1. The highest BCUT2D eigenvalue weighted by Gasteiger charge is 2.15. The molecule has 3 rings (SSSR count). The molecule has 3 nitrogen and oxygen atoms in total. The van der Waals surface area contributed by atoms with E-state index in [4.69, 9.17) is 4.98 Å². The topological polar surface area (TPSA) is 42.0 Å². The fourth-order valence-electron chi connectivity index (χ4n) is 2.70. The molecule has 1 aromatic heterocycles. The molecule has 0 radical (unpaired) electrons. The first-order chi connectivity index (χ1) is 11.1. The maximum absolute atomic E-state index is 12.6. The van der Waals surface area contributed by atoms with Crippen LogP contribution in [0.4, 0.5) is 0 Å². The lowest BCUT2D eigenvalue weighted by molar-refractivity contribution is 0.0945. The van der Waals surface area contributed by atoms with E-state index in [1.54, 1.807) is 0 Å². The van der Waals surface area contributed by atoms with Crippen LogP contribution in [0.5, 0.6) is 0 Å². The summed E-state index contributed by atoms with van der Waals surface area (Å²) in [5, 5.41) is 3.86. The number of carbonyl (C=O) groups is 1. The number of nitrogens with zero attached hydrogens (tertiary/aromatic N) is 1. The molecule has 2 aromatic carbocycles. The fourth-order valence-corrected chi connectivity index (χ4v) is 2.70. The number of amides is 1. The summed E-state index contributed by atoms with van der Waals surface area (Å²) in [4.78, 5) is 17.3. The molecule has 0 aliphatic heterocycles. The molecule has 0 aliphatic carbocycles. The number of hydrogen-bond donors (Lipinski definition) is 1. The Bertz CT molecular complexity index is 868. The Morgan fingerprint density at radius 3 is 2.48 bits per heavy atom. The summed E-state index contributed by atoms with van der Waals surface area (Å²) in [6.45, 7) is 5.98. The third-order valence-electron chi connectivity index (χ3n) is 3.80. The van der Waals surface area contributed by atoms with Crippen molar-refractivity contribution in [1.82, 2.24) is 10.3 Å². The van der Waals surface area contributed by atoms with E-state index in [1.807, 2.05) is 62.4 Å². The van der Waals surface area contributed by atoms with E-state index in [9.17, 15) is 4.79 Å². The van der Waals surface area contributed by atoms with Crippen LogP contribution < -0.4 is 5.32 Å². The molecule has 3 heteroatoms. The van der Waals surface area contributed by atoms with Crippen LogP contribution in [0.3, 0.4) is 0 Å². The molecule has 0 saturated heterocycles. The van der Waals surface area contributed by atoms with Crippen molar-refractivity contribution in [3.63, 3.8) is 0 Å². The van der Waals surface area contributed by atoms with Gasteiger partial charge in [0.1, 0.15) is 0 Å². The molecule has 0 atom stereocenters. The number of fused-ring (bicyclic) bond motifs is 1. The Kier molecular flexibility index (Phi) is 4.11. The standard InChI is InChI=1S/C20H20N2O/c1-13(2)21-20(23)17-12-19(15-9-5-4-8-14(15)3)22-18-11-7-6-10-16(17)18/h4-13H,1-3H3,(H,21,23). The highest BCUT2D eigenvalue weighted by Crippen LogP contribution is 2.27. The van der Waals surface area contributed by atoms with E-state index in [-0.39, 0.29) is 11.9 Å². The van der Waals surface area contributed by atoms with Gasteiger partial charge in [0, 0.05) is 17.0 Å². The van der Waals surface area contributed by atoms with Crippen LogP contribution >= 0.6 is 0 Å². The maximum atomic E-state index is 12.6. The molecular formula is C20H20N2O. The summed E-state index contributed by atoms with van der Waals surface area (Å²) in [6.07, 6.45) is 0. The first-order valence-corrected chi connectivity index (χ1v) is 7.83. The lowest BCUT2D eigenvalue weighted by Gasteiger charge is -2.13.